The van der Waals surface area contributed by atoms with E-state index in [1.54, 1.807) is 52.0 Å². The summed E-state index contributed by atoms with van der Waals surface area (Å²) in [4.78, 5) is 29.1. The maximum Gasteiger partial charge on any atom is 0.341 e. The lowest BCUT2D eigenvalue weighted by Crippen LogP contribution is -2.30. The molecule has 0 aliphatic heterocycles. The van der Waals surface area contributed by atoms with E-state index in [9.17, 15) is 14.7 Å². The first-order chi connectivity index (χ1) is 12.6. The van der Waals surface area contributed by atoms with Gasteiger partial charge in [0.05, 0.1) is 22.5 Å². The van der Waals surface area contributed by atoms with Gasteiger partial charge in [0.2, 0.25) is 0 Å². The molecule has 2 N–H and O–H groups in total. The van der Waals surface area contributed by atoms with Crippen molar-refractivity contribution in [2.24, 2.45) is 0 Å². The van der Waals surface area contributed by atoms with Gasteiger partial charge in [-0.1, -0.05) is 29.8 Å². The van der Waals surface area contributed by atoms with Crippen LogP contribution >= 0.6 is 11.6 Å². The zero-order valence-corrected chi connectivity index (χ0v) is 16.4. The molecule has 0 aliphatic carbocycles. The van der Waals surface area contributed by atoms with Crippen LogP contribution in [0.4, 0.5) is 0 Å². The number of esters is 1. The van der Waals surface area contributed by atoms with Crippen LogP contribution in [0.15, 0.2) is 24.3 Å². The van der Waals surface area contributed by atoms with Crippen LogP contribution in [-0.4, -0.2) is 39.3 Å². The van der Waals surface area contributed by atoms with Crippen molar-refractivity contribution < 1.29 is 24.5 Å². The number of carboxylic acid groups (broad SMARTS) is 1. The van der Waals surface area contributed by atoms with Crippen molar-refractivity contribution in [3.8, 4) is 11.1 Å². The zero-order valence-electron chi connectivity index (χ0n) is 15.7. The number of benzene rings is 1. The second-order valence-corrected chi connectivity index (χ2v) is 7.22. The van der Waals surface area contributed by atoms with Crippen LogP contribution in [0.1, 0.15) is 52.4 Å². The number of aryl methyl sites for hydroxylation is 2. The SMILES string of the molecule is Cc1nc(C)c(C(=O)OC(C)(C)CCO)c(-c2ccccc2Cl)c1C(=O)O. The summed E-state index contributed by atoms with van der Waals surface area (Å²) in [6.45, 7) is 6.38. The molecule has 0 fully saturated rings. The van der Waals surface area contributed by atoms with Gasteiger partial charge >= 0.3 is 11.9 Å². The molecule has 144 valence electrons. The van der Waals surface area contributed by atoms with Crippen molar-refractivity contribution in [1.29, 1.82) is 0 Å². The highest BCUT2D eigenvalue weighted by atomic mass is 35.5. The normalized spacial score (nSPS) is 11.3. The predicted octanol–water partition coefficient (Wildman–Crippen LogP) is 4.03. The van der Waals surface area contributed by atoms with Crippen LogP contribution < -0.4 is 0 Å². The molecule has 1 aromatic carbocycles. The van der Waals surface area contributed by atoms with Crippen LogP contribution in [0.2, 0.25) is 5.02 Å². The van der Waals surface area contributed by atoms with Gasteiger partial charge < -0.3 is 14.9 Å². The molecule has 2 aromatic rings. The number of pyridine rings is 1. The average Bonchev–Trinajstić information content (AvgIpc) is 2.53. The maximum atomic E-state index is 13.0. The van der Waals surface area contributed by atoms with Crippen LogP contribution in [0.25, 0.3) is 11.1 Å². The topological polar surface area (TPSA) is 96.7 Å². The van der Waals surface area contributed by atoms with Crippen LogP contribution in [0.3, 0.4) is 0 Å². The Labute approximate surface area is 162 Å². The number of aliphatic hydroxyl groups is 1. The van der Waals surface area contributed by atoms with E-state index < -0.39 is 17.5 Å². The Kier molecular flexibility index (Phi) is 6.23. The molecule has 2 rings (SSSR count). The quantitative estimate of drug-likeness (QED) is 0.721. The molecule has 0 spiro atoms. The van der Waals surface area contributed by atoms with E-state index in [0.29, 0.717) is 16.3 Å². The molecule has 0 atom stereocenters. The van der Waals surface area contributed by atoms with Gasteiger partial charge in [-0.2, -0.15) is 0 Å². The monoisotopic (exact) mass is 391 g/mol. The summed E-state index contributed by atoms with van der Waals surface area (Å²) >= 11 is 6.30. The molecule has 6 nitrogen and oxygen atoms in total. The average molecular weight is 392 g/mol. The molecule has 0 unspecified atom stereocenters. The fourth-order valence-corrected chi connectivity index (χ4v) is 3.15. The zero-order chi connectivity index (χ0) is 20.4. The summed E-state index contributed by atoms with van der Waals surface area (Å²) in [5.41, 5.74) is 0.251. The molecule has 1 heterocycles. The molecule has 7 heteroatoms. The van der Waals surface area contributed by atoms with Crippen molar-refractivity contribution in [3.05, 3.63) is 51.8 Å². The van der Waals surface area contributed by atoms with Crippen molar-refractivity contribution in [2.75, 3.05) is 6.61 Å². The van der Waals surface area contributed by atoms with Crippen LogP contribution in [-0.2, 0) is 4.74 Å². The van der Waals surface area contributed by atoms with Crippen molar-refractivity contribution >= 4 is 23.5 Å². The molecule has 0 bridgehead atoms. The third-order valence-corrected chi connectivity index (χ3v) is 4.53. The first-order valence-electron chi connectivity index (χ1n) is 8.42. The number of carboxylic acids is 1. The lowest BCUT2D eigenvalue weighted by Gasteiger charge is -2.26. The fourth-order valence-electron chi connectivity index (χ4n) is 2.92. The van der Waals surface area contributed by atoms with E-state index in [4.69, 9.17) is 21.4 Å². The van der Waals surface area contributed by atoms with Gasteiger partial charge in [0.15, 0.2) is 0 Å². The van der Waals surface area contributed by atoms with E-state index in [1.165, 1.54) is 0 Å². The minimum Gasteiger partial charge on any atom is -0.478 e. The number of carbonyl (C=O) groups excluding carboxylic acids is 1. The molecular weight excluding hydrogens is 370 g/mol. The van der Waals surface area contributed by atoms with Gasteiger partial charge in [-0.05, 0) is 33.8 Å². The molecule has 27 heavy (non-hydrogen) atoms. The summed E-state index contributed by atoms with van der Waals surface area (Å²) in [5.74, 6) is -1.92. The largest absolute Gasteiger partial charge is 0.478 e. The van der Waals surface area contributed by atoms with E-state index in [-0.39, 0.29) is 35.4 Å². The van der Waals surface area contributed by atoms with Gasteiger partial charge in [-0.3, -0.25) is 4.98 Å². The molecule has 0 saturated heterocycles. The Morgan fingerprint density at radius 1 is 1.15 bits per heavy atom. The Morgan fingerprint density at radius 3 is 2.30 bits per heavy atom. The molecule has 1 aromatic heterocycles. The molecule has 0 radical (unpaired) electrons. The van der Waals surface area contributed by atoms with Gasteiger partial charge in [0.1, 0.15) is 5.60 Å². The lowest BCUT2D eigenvalue weighted by atomic mass is 9.92. The van der Waals surface area contributed by atoms with Gasteiger partial charge in [-0.25, -0.2) is 9.59 Å². The van der Waals surface area contributed by atoms with Gasteiger partial charge in [0, 0.05) is 29.2 Å². The smallest absolute Gasteiger partial charge is 0.341 e. The van der Waals surface area contributed by atoms with Gasteiger partial charge in [-0.15, -0.1) is 0 Å². The minimum atomic E-state index is -1.21. The highest BCUT2D eigenvalue weighted by Crippen LogP contribution is 2.36. The second kappa shape index (κ2) is 8.06. The molecular formula is C20H22ClNO5. The Bertz CT molecular complexity index is 892. The Hall–Kier alpha value is -2.44. The molecule has 0 amide bonds. The number of aromatic nitrogens is 1. The van der Waals surface area contributed by atoms with E-state index in [2.05, 4.69) is 4.98 Å². The summed E-state index contributed by atoms with van der Waals surface area (Å²) in [6.07, 6.45) is 0.240. The van der Waals surface area contributed by atoms with Gasteiger partial charge in [0.25, 0.3) is 0 Å². The van der Waals surface area contributed by atoms with Crippen LogP contribution in [0, 0.1) is 13.8 Å². The standard InChI is InChI=1S/C20H22ClNO5/c1-11-15(18(24)25)17(13-7-5-6-8-14(13)21)16(12(2)22-11)19(26)27-20(3,4)9-10-23/h5-8,23H,9-10H2,1-4H3,(H,24,25). The number of nitrogens with zero attached hydrogens (tertiary/aromatic N) is 1. The third kappa shape index (κ3) is 4.46. The van der Waals surface area contributed by atoms with E-state index >= 15 is 0 Å². The van der Waals surface area contributed by atoms with Crippen molar-refractivity contribution in [2.45, 2.75) is 39.7 Å². The Balaban J connectivity index is 2.78. The highest BCUT2D eigenvalue weighted by Gasteiger charge is 2.31. The first-order valence-corrected chi connectivity index (χ1v) is 8.80. The summed E-state index contributed by atoms with van der Waals surface area (Å²) in [5, 5.41) is 19.2. The maximum absolute atomic E-state index is 13.0. The molecule has 0 aliphatic rings. The van der Waals surface area contributed by atoms with Crippen molar-refractivity contribution in [3.63, 3.8) is 0 Å². The van der Waals surface area contributed by atoms with Crippen LogP contribution in [0.5, 0.6) is 0 Å². The number of carbonyl (C=O) groups is 2. The predicted molar refractivity (Wildman–Crippen MR) is 102 cm³/mol. The van der Waals surface area contributed by atoms with Crippen molar-refractivity contribution in [1.82, 2.24) is 4.98 Å². The van der Waals surface area contributed by atoms with E-state index in [0.717, 1.165) is 0 Å². The second-order valence-electron chi connectivity index (χ2n) is 6.82. The number of rotatable bonds is 6. The summed E-state index contributed by atoms with van der Waals surface area (Å²) in [7, 11) is 0. The fraction of sp³-hybridized carbons (Fsp3) is 0.350. The number of ether oxygens (including phenoxy) is 1. The number of aliphatic hydroxyl groups excluding tert-OH is 1. The minimum absolute atomic E-state index is 0.0529. The summed E-state index contributed by atoms with van der Waals surface area (Å²) in [6, 6.07) is 6.70. The first kappa shape index (κ1) is 20.9. The Morgan fingerprint density at radius 2 is 1.74 bits per heavy atom. The number of hydrogen-bond donors (Lipinski definition) is 2. The number of halogens is 1. The number of aromatic carboxylic acids is 1. The third-order valence-electron chi connectivity index (χ3n) is 4.20. The summed E-state index contributed by atoms with van der Waals surface area (Å²) < 4.78 is 5.55. The highest BCUT2D eigenvalue weighted by molar-refractivity contribution is 6.34. The number of hydrogen-bond acceptors (Lipinski definition) is 5. The lowest BCUT2D eigenvalue weighted by molar-refractivity contribution is -0.0106. The van der Waals surface area contributed by atoms with E-state index in [1.807, 2.05) is 0 Å². The molecule has 0 saturated carbocycles.